The molecule has 0 radical (unpaired) electrons. The Labute approximate surface area is 183 Å². The van der Waals surface area contributed by atoms with Crippen molar-refractivity contribution in [2.24, 2.45) is 11.0 Å². The maximum atomic E-state index is 12.7. The number of aryl methyl sites for hydroxylation is 1. The molecule has 1 unspecified atom stereocenters. The maximum absolute atomic E-state index is 12.7. The van der Waals surface area contributed by atoms with Gasteiger partial charge < -0.3 is 9.88 Å². The Morgan fingerprint density at radius 3 is 2.32 bits per heavy atom. The van der Waals surface area contributed by atoms with Crippen molar-refractivity contribution in [3.8, 4) is 0 Å². The van der Waals surface area contributed by atoms with Gasteiger partial charge in [-0.15, -0.1) is 0 Å². The van der Waals surface area contributed by atoms with E-state index in [-0.39, 0.29) is 17.7 Å². The zero-order valence-corrected chi connectivity index (χ0v) is 18.7. The van der Waals surface area contributed by atoms with Gasteiger partial charge in [-0.25, -0.2) is 5.43 Å². The highest BCUT2D eigenvalue weighted by Gasteiger charge is 2.24. The predicted octanol–water partition coefficient (Wildman–Crippen LogP) is 4.44. The summed E-state index contributed by atoms with van der Waals surface area (Å²) in [5.41, 5.74) is 6.23. The summed E-state index contributed by atoms with van der Waals surface area (Å²) in [6, 6.07) is 15.0. The smallest absolute Gasteiger partial charge is 0.262 e. The van der Waals surface area contributed by atoms with Crippen LogP contribution in [0.15, 0.2) is 59.8 Å². The molecule has 6 heteroatoms. The highest BCUT2D eigenvalue weighted by molar-refractivity contribution is 6.00. The molecule has 162 valence electrons. The predicted molar refractivity (Wildman–Crippen MR) is 125 cm³/mol. The van der Waals surface area contributed by atoms with Gasteiger partial charge in [-0.3, -0.25) is 9.59 Å². The molecule has 0 fully saturated rings. The van der Waals surface area contributed by atoms with Gasteiger partial charge in [0.2, 0.25) is 0 Å². The SMILES string of the molecule is Cc1ccc(C(=O)NC(C(=O)N/N=C\c2cn(C(C)C)c3ccccc23)C(C)C)cc1. The van der Waals surface area contributed by atoms with Crippen molar-refractivity contribution >= 4 is 28.9 Å². The van der Waals surface area contributed by atoms with Crippen LogP contribution in [0.5, 0.6) is 0 Å². The van der Waals surface area contributed by atoms with Crippen LogP contribution in [0.25, 0.3) is 10.9 Å². The number of amides is 2. The van der Waals surface area contributed by atoms with Gasteiger partial charge in [0.25, 0.3) is 11.8 Å². The number of hydrogen-bond donors (Lipinski definition) is 2. The largest absolute Gasteiger partial charge is 0.344 e. The van der Waals surface area contributed by atoms with Gasteiger partial charge >= 0.3 is 0 Å². The Morgan fingerprint density at radius 1 is 1.00 bits per heavy atom. The van der Waals surface area contributed by atoms with Gasteiger partial charge in [-0.05, 0) is 44.9 Å². The molecule has 1 aromatic heterocycles. The fraction of sp³-hybridized carbons (Fsp3) is 0.320. The van der Waals surface area contributed by atoms with Crippen LogP contribution in [0.3, 0.4) is 0 Å². The van der Waals surface area contributed by atoms with Crippen LogP contribution < -0.4 is 10.7 Å². The fourth-order valence-corrected chi connectivity index (χ4v) is 3.46. The van der Waals surface area contributed by atoms with Crippen molar-refractivity contribution < 1.29 is 9.59 Å². The van der Waals surface area contributed by atoms with E-state index in [1.165, 1.54) is 0 Å². The van der Waals surface area contributed by atoms with E-state index < -0.39 is 6.04 Å². The minimum Gasteiger partial charge on any atom is -0.344 e. The van der Waals surface area contributed by atoms with E-state index >= 15 is 0 Å². The third kappa shape index (κ3) is 5.20. The Bertz CT molecular complexity index is 1090. The van der Waals surface area contributed by atoms with Gasteiger partial charge in [-0.2, -0.15) is 5.10 Å². The standard InChI is InChI=1S/C25H30N4O2/c1-16(2)23(27-24(30)19-12-10-18(5)11-13-19)25(31)28-26-14-20-15-29(17(3)4)22-9-7-6-8-21(20)22/h6-17,23H,1-5H3,(H,27,30)(H,28,31)/b26-14-. The fourth-order valence-electron chi connectivity index (χ4n) is 3.46. The zero-order chi connectivity index (χ0) is 22.5. The molecular formula is C25H30N4O2. The zero-order valence-electron chi connectivity index (χ0n) is 18.7. The number of carbonyl (C=O) groups is 2. The van der Waals surface area contributed by atoms with E-state index in [4.69, 9.17) is 0 Å². The quantitative estimate of drug-likeness (QED) is 0.440. The molecule has 0 bridgehead atoms. The van der Waals surface area contributed by atoms with Crippen molar-refractivity contribution in [3.05, 3.63) is 71.4 Å². The summed E-state index contributed by atoms with van der Waals surface area (Å²) in [6.07, 6.45) is 3.68. The molecule has 2 amide bonds. The van der Waals surface area contributed by atoms with E-state index in [0.717, 1.165) is 22.0 Å². The van der Waals surface area contributed by atoms with Gasteiger partial charge in [0.1, 0.15) is 6.04 Å². The first-order valence-electron chi connectivity index (χ1n) is 10.6. The number of para-hydroxylation sites is 1. The van der Waals surface area contributed by atoms with Crippen LogP contribution >= 0.6 is 0 Å². The van der Waals surface area contributed by atoms with E-state index in [0.29, 0.717) is 11.6 Å². The molecule has 0 spiro atoms. The van der Waals surface area contributed by atoms with Crippen LogP contribution in [-0.4, -0.2) is 28.6 Å². The van der Waals surface area contributed by atoms with Crippen LogP contribution in [-0.2, 0) is 4.79 Å². The van der Waals surface area contributed by atoms with Gasteiger partial charge in [0.05, 0.1) is 6.21 Å². The first-order valence-corrected chi connectivity index (χ1v) is 10.6. The van der Waals surface area contributed by atoms with E-state index in [1.54, 1.807) is 18.3 Å². The summed E-state index contributed by atoms with van der Waals surface area (Å²) in [5, 5.41) is 8.06. The summed E-state index contributed by atoms with van der Waals surface area (Å²) < 4.78 is 2.18. The lowest BCUT2D eigenvalue weighted by Crippen LogP contribution is -2.48. The lowest BCUT2D eigenvalue weighted by molar-refractivity contribution is -0.123. The third-order valence-corrected chi connectivity index (χ3v) is 5.26. The second kappa shape index (κ2) is 9.60. The molecule has 2 N–H and O–H groups in total. The number of nitrogens with zero attached hydrogens (tertiary/aromatic N) is 2. The summed E-state index contributed by atoms with van der Waals surface area (Å²) in [4.78, 5) is 25.3. The monoisotopic (exact) mass is 418 g/mol. The molecule has 6 nitrogen and oxygen atoms in total. The Balaban J connectivity index is 1.72. The average Bonchev–Trinajstić information content (AvgIpc) is 3.11. The molecule has 3 aromatic rings. The number of rotatable bonds is 7. The maximum Gasteiger partial charge on any atom is 0.262 e. The van der Waals surface area contributed by atoms with Gasteiger partial charge in [-0.1, -0.05) is 49.7 Å². The number of carbonyl (C=O) groups excluding carboxylic acids is 2. The van der Waals surface area contributed by atoms with Crippen LogP contribution in [0, 0.1) is 12.8 Å². The lowest BCUT2D eigenvalue weighted by Gasteiger charge is -2.20. The number of hydrazone groups is 1. The normalized spacial score (nSPS) is 12.6. The van der Waals surface area contributed by atoms with Crippen molar-refractivity contribution in [2.45, 2.75) is 46.7 Å². The Morgan fingerprint density at radius 2 is 1.68 bits per heavy atom. The second-order valence-electron chi connectivity index (χ2n) is 8.40. The van der Waals surface area contributed by atoms with Gasteiger partial charge in [0, 0.05) is 34.3 Å². The van der Waals surface area contributed by atoms with Crippen LogP contribution in [0.2, 0.25) is 0 Å². The highest BCUT2D eigenvalue weighted by Crippen LogP contribution is 2.23. The molecule has 1 heterocycles. The summed E-state index contributed by atoms with van der Waals surface area (Å²) in [5.74, 6) is -0.718. The first-order chi connectivity index (χ1) is 14.8. The average molecular weight is 419 g/mol. The molecule has 0 saturated carbocycles. The van der Waals surface area contributed by atoms with Crippen LogP contribution in [0.4, 0.5) is 0 Å². The molecule has 0 aliphatic rings. The molecule has 31 heavy (non-hydrogen) atoms. The molecule has 1 atom stereocenters. The Kier molecular flexibility index (Phi) is 6.90. The van der Waals surface area contributed by atoms with E-state index in [1.807, 2.05) is 57.3 Å². The number of aromatic nitrogens is 1. The molecule has 0 aliphatic heterocycles. The Hall–Kier alpha value is -3.41. The summed E-state index contributed by atoms with van der Waals surface area (Å²) >= 11 is 0. The summed E-state index contributed by atoms with van der Waals surface area (Å²) in [6.45, 7) is 9.99. The van der Waals surface area contributed by atoms with Crippen molar-refractivity contribution in [3.63, 3.8) is 0 Å². The number of nitrogens with one attached hydrogen (secondary N) is 2. The van der Waals surface area contributed by atoms with Crippen molar-refractivity contribution in [1.82, 2.24) is 15.3 Å². The molecule has 0 aliphatic carbocycles. The topological polar surface area (TPSA) is 75.5 Å². The van der Waals surface area contributed by atoms with E-state index in [9.17, 15) is 9.59 Å². The van der Waals surface area contributed by atoms with Crippen LogP contribution in [0.1, 0.15) is 55.2 Å². The highest BCUT2D eigenvalue weighted by atomic mass is 16.2. The molecular weight excluding hydrogens is 388 g/mol. The first kappa shape index (κ1) is 22.3. The number of hydrogen-bond acceptors (Lipinski definition) is 3. The van der Waals surface area contributed by atoms with Crippen molar-refractivity contribution in [2.75, 3.05) is 0 Å². The van der Waals surface area contributed by atoms with E-state index in [2.05, 4.69) is 40.3 Å². The second-order valence-corrected chi connectivity index (χ2v) is 8.40. The molecule has 0 saturated heterocycles. The molecule has 3 rings (SSSR count). The lowest BCUT2D eigenvalue weighted by atomic mass is 10.0. The minimum absolute atomic E-state index is 0.0903. The minimum atomic E-state index is -0.692. The van der Waals surface area contributed by atoms with Gasteiger partial charge in [0.15, 0.2) is 0 Å². The molecule has 2 aromatic carbocycles. The number of benzene rings is 2. The van der Waals surface area contributed by atoms with Crippen molar-refractivity contribution in [1.29, 1.82) is 0 Å². The third-order valence-electron chi connectivity index (χ3n) is 5.26. The number of fused-ring (bicyclic) bond motifs is 1. The summed E-state index contributed by atoms with van der Waals surface area (Å²) in [7, 11) is 0.